The monoisotopic (exact) mass is 261 g/mol. The minimum atomic E-state index is 0.226. The highest BCUT2D eigenvalue weighted by atomic mass is 35.5. The van der Waals surface area contributed by atoms with Crippen LogP contribution in [0.2, 0.25) is 5.02 Å². The van der Waals surface area contributed by atoms with E-state index < -0.39 is 0 Å². The third kappa shape index (κ3) is 2.96. The van der Waals surface area contributed by atoms with Gasteiger partial charge in [-0.2, -0.15) is 0 Å². The van der Waals surface area contributed by atoms with Crippen molar-refractivity contribution in [3.63, 3.8) is 0 Å². The van der Waals surface area contributed by atoms with E-state index in [2.05, 4.69) is 24.4 Å². The van der Waals surface area contributed by atoms with E-state index in [4.69, 9.17) is 11.6 Å². The normalized spacial score (nSPS) is 10.4. The first-order valence-electron chi connectivity index (χ1n) is 5.85. The van der Waals surface area contributed by atoms with Gasteiger partial charge < -0.3 is 10.4 Å². The average Bonchev–Trinajstić information content (AvgIpc) is 2.32. The van der Waals surface area contributed by atoms with E-state index in [0.717, 1.165) is 5.56 Å². The van der Waals surface area contributed by atoms with Crippen molar-refractivity contribution in [3.8, 4) is 5.75 Å². The highest BCUT2D eigenvalue weighted by Gasteiger charge is 2.05. The van der Waals surface area contributed by atoms with Gasteiger partial charge in [-0.1, -0.05) is 41.4 Å². The largest absolute Gasteiger partial charge is 0.506 e. The second-order valence-electron chi connectivity index (χ2n) is 4.46. The van der Waals surface area contributed by atoms with Crippen LogP contribution in [0.4, 0.5) is 5.69 Å². The van der Waals surface area contributed by atoms with Gasteiger partial charge in [-0.25, -0.2) is 0 Å². The Hall–Kier alpha value is -1.67. The van der Waals surface area contributed by atoms with Crippen LogP contribution in [0.5, 0.6) is 5.75 Å². The Kier molecular flexibility index (Phi) is 3.78. The lowest BCUT2D eigenvalue weighted by Crippen LogP contribution is -2.00. The molecule has 2 nitrogen and oxygen atoms in total. The number of aryl methyl sites for hydroxylation is 2. The van der Waals surface area contributed by atoms with Crippen LogP contribution in [0.1, 0.15) is 16.7 Å². The molecule has 18 heavy (non-hydrogen) atoms. The van der Waals surface area contributed by atoms with Crippen LogP contribution in [-0.2, 0) is 6.54 Å². The number of anilines is 1. The Bertz CT molecular complexity index is 566. The average molecular weight is 262 g/mol. The SMILES string of the molecule is Cc1cccc(CNc2cc(Cl)c(C)cc2O)c1. The molecule has 0 bridgehead atoms. The van der Waals surface area contributed by atoms with E-state index >= 15 is 0 Å². The highest BCUT2D eigenvalue weighted by molar-refractivity contribution is 6.31. The Labute approximate surface area is 112 Å². The van der Waals surface area contributed by atoms with Crippen LogP contribution in [0.3, 0.4) is 0 Å². The van der Waals surface area contributed by atoms with E-state index in [9.17, 15) is 5.11 Å². The van der Waals surface area contributed by atoms with Crippen molar-refractivity contribution in [2.45, 2.75) is 20.4 Å². The summed E-state index contributed by atoms with van der Waals surface area (Å²) in [7, 11) is 0. The Morgan fingerprint density at radius 1 is 1.17 bits per heavy atom. The summed E-state index contributed by atoms with van der Waals surface area (Å²) in [6.07, 6.45) is 0. The van der Waals surface area contributed by atoms with Gasteiger partial charge in [0.05, 0.1) is 5.69 Å². The molecule has 94 valence electrons. The topological polar surface area (TPSA) is 32.3 Å². The molecule has 0 aliphatic heterocycles. The molecule has 0 saturated carbocycles. The van der Waals surface area contributed by atoms with Crippen LogP contribution in [-0.4, -0.2) is 5.11 Å². The molecule has 2 aromatic rings. The summed E-state index contributed by atoms with van der Waals surface area (Å²) in [5.41, 5.74) is 3.92. The molecule has 0 heterocycles. The lowest BCUT2D eigenvalue weighted by molar-refractivity contribution is 0.476. The van der Waals surface area contributed by atoms with E-state index in [0.29, 0.717) is 17.3 Å². The standard InChI is InChI=1S/C15H16ClNO/c1-10-4-3-5-12(6-10)9-17-14-8-13(16)11(2)7-15(14)18/h3-8,17-18H,9H2,1-2H3. The van der Waals surface area contributed by atoms with Crippen LogP contribution in [0, 0.1) is 13.8 Å². The first-order chi connectivity index (χ1) is 8.56. The Balaban J connectivity index is 2.13. The lowest BCUT2D eigenvalue weighted by atomic mass is 10.1. The second-order valence-corrected chi connectivity index (χ2v) is 4.87. The summed E-state index contributed by atoms with van der Waals surface area (Å²) in [5, 5.41) is 13.7. The molecule has 2 N–H and O–H groups in total. The lowest BCUT2D eigenvalue weighted by Gasteiger charge is -2.10. The number of nitrogens with one attached hydrogen (secondary N) is 1. The summed E-state index contributed by atoms with van der Waals surface area (Å²) >= 11 is 6.04. The minimum absolute atomic E-state index is 0.226. The highest BCUT2D eigenvalue weighted by Crippen LogP contribution is 2.30. The maximum Gasteiger partial charge on any atom is 0.139 e. The van der Waals surface area contributed by atoms with Gasteiger partial charge in [0.2, 0.25) is 0 Å². The van der Waals surface area contributed by atoms with Crippen LogP contribution < -0.4 is 5.32 Å². The third-order valence-corrected chi connectivity index (χ3v) is 3.25. The van der Waals surface area contributed by atoms with E-state index in [1.807, 2.05) is 19.1 Å². The van der Waals surface area contributed by atoms with E-state index in [-0.39, 0.29) is 5.75 Å². The number of halogens is 1. The smallest absolute Gasteiger partial charge is 0.139 e. The molecule has 0 fully saturated rings. The second kappa shape index (κ2) is 5.32. The molecular weight excluding hydrogens is 246 g/mol. The first kappa shape index (κ1) is 12.8. The maximum absolute atomic E-state index is 9.83. The molecule has 0 amide bonds. The molecule has 2 aromatic carbocycles. The molecule has 0 aliphatic rings. The molecule has 3 heteroatoms. The molecule has 0 atom stereocenters. The molecule has 0 aromatic heterocycles. The van der Waals surface area contributed by atoms with E-state index in [1.54, 1.807) is 12.1 Å². The quantitative estimate of drug-likeness (QED) is 0.809. The molecule has 0 unspecified atom stereocenters. The third-order valence-electron chi connectivity index (χ3n) is 2.84. The number of hydrogen-bond acceptors (Lipinski definition) is 2. The molecule has 2 rings (SSSR count). The van der Waals surface area contributed by atoms with Crippen molar-refractivity contribution < 1.29 is 5.11 Å². The molecule has 0 spiro atoms. The number of hydrogen-bond donors (Lipinski definition) is 2. The fourth-order valence-corrected chi connectivity index (χ4v) is 1.99. The number of rotatable bonds is 3. The predicted octanol–water partition coefficient (Wildman–Crippen LogP) is 4.27. The van der Waals surface area contributed by atoms with Crippen LogP contribution >= 0.6 is 11.6 Å². The minimum Gasteiger partial charge on any atom is -0.506 e. The maximum atomic E-state index is 9.83. The molecule has 0 aliphatic carbocycles. The van der Waals surface area contributed by atoms with Gasteiger partial charge in [-0.3, -0.25) is 0 Å². The number of aromatic hydroxyl groups is 1. The molecule has 0 saturated heterocycles. The van der Waals surface area contributed by atoms with Crippen molar-refractivity contribution in [3.05, 3.63) is 58.1 Å². The van der Waals surface area contributed by atoms with Gasteiger partial charge in [-0.15, -0.1) is 0 Å². The fraction of sp³-hybridized carbons (Fsp3) is 0.200. The van der Waals surface area contributed by atoms with Gasteiger partial charge in [0.1, 0.15) is 5.75 Å². The Morgan fingerprint density at radius 3 is 2.67 bits per heavy atom. The van der Waals surface area contributed by atoms with Crippen molar-refractivity contribution in [1.29, 1.82) is 0 Å². The van der Waals surface area contributed by atoms with Crippen molar-refractivity contribution in [1.82, 2.24) is 0 Å². The first-order valence-corrected chi connectivity index (χ1v) is 6.22. The van der Waals surface area contributed by atoms with Crippen molar-refractivity contribution in [2.24, 2.45) is 0 Å². The van der Waals surface area contributed by atoms with Gasteiger partial charge in [0.15, 0.2) is 0 Å². The van der Waals surface area contributed by atoms with Crippen LogP contribution in [0.25, 0.3) is 0 Å². The summed E-state index contributed by atoms with van der Waals surface area (Å²) in [5.74, 6) is 0.226. The van der Waals surface area contributed by atoms with Gasteiger partial charge in [0.25, 0.3) is 0 Å². The summed E-state index contributed by atoms with van der Waals surface area (Å²) in [6.45, 7) is 4.59. The summed E-state index contributed by atoms with van der Waals surface area (Å²) in [6, 6.07) is 11.7. The Morgan fingerprint density at radius 2 is 1.94 bits per heavy atom. The molecular formula is C15H16ClNO. The number of phenols is 1. The van der Waals surface area contributed by atoms with Gasteiger partial charge in [0, 0.05) is 11.6 Å². The zero-order valence-electron chi connectivity index (χ0n) is 10.5. The van der Waals surface area contributed by atoms with Gasteiger partial charge in [-0.05, 0) is 37.1 Å². The fourth-order valence-electron chi connectivity index (χ4n) is 1.83. The van der Waals surface area contributed by atoms with Gasteiger partial charge >= 0.3 is 0 Å². The summed E-state index contributed by atoms with van der Waals surface area (Å²) < 4.78 is 0. The summed E-state index contributed by atoms with van der Waals surface area (Å²) in [4.78, 5) is 0. The van der Waals surface area contributed by atoms with Crippen molar-refractivity contribution >= 4 is 17.3 Å². The zero-order valence-corrected chi connectivity index (χ0v) is 11.3. The number of benzene rings is 2. The predicted molar refractivity (Wildman–Crippen MR) is 76.4 cm³/mol. The van der Waals surface area contributed by atoms with Crippen molar-refractivity contribution in [2.75, 3.05) is 5.32 Å². The number of phenolic OH excluding ortho intramolecular Hbond substituents is 1. The molecule has 0 radical (unpaired) electrons. The van der Waals surface area contributed by atoms with E-state index in [1.165, 1.54) is 11.1 Å². The zero-order chi connectivity index (χ0) is 13.1. The van der Waals surface area contributed by atoms with Crippen LogP contribution in [0.15, 0.2) is 36.4 Å².